The molecule has 102 valence electrons. The fraction of sp³-hybridized carbons (Fsp3) is 0.417. The lowest BCUT2D eigenvalue weighted by atomic mass is 10.1. The van der Waals surface area contributed by atoms with Crippen LogP contribution in [-0.4, -0.2) is 33.5 Å². The van der Waals surface area contributed by atoms with Crippen molar-refractivity contribution < 1.29 is 14.8 Å². The summed E-state index contributed by atoms with van der Waals surface area (Å²) in [5.41, 5.74) is -0.0370. The van der Waals surface area contributed by atoms with Crippen molar-refractivity contribution in [2.45, 2.75) is 18.9 Å². The molecule has 1 unspecified atom stereocenters. The van der Waals surface area contributed by atoms with Gasteiger partial charge in [0.1, 0.15) is 5.56 Å². The Hall–Kier alpha value is -1.76. The molecule has 1 aliphatic rings. The zero-order valence-electron chi connectivity index (χ0n) is 10.2. The maximum absolute atomic E-state index is 11.0. The molecular weight excluding hydrogens is 268 g/mol. The predicted molar refractivity (Wildman–Crippen MR) is 74.0 cm³/mol. The standard InChI is InChI=1S/C12H14N2O4S/c15-12(16)10-6-8(3-4-11(10)14(17)18)13-9-2-1-5-19-7-9/h3-4,6,9,13H,1-2,5,7H2,(H,15,16). The highest BCUT2D eigenvalue weighted by atomic mass is 32.2. The summed E-state index contributed by atoms with van der Waals surface area (Å²) in [4.78, 5) is 21.1. The van der Waals surface area contributed by atoms with Gasteiger partial charge >= 0.3 is 5.97 Å². The minimum Gasteiger partial charge on any atom is -0.477 e. The van der Waals surface area contributed by atoms with Crippen LogP contribution in [0.1, 0.15) is 23.2 Å². The molecule has 2 N–H and O–H groups in total. The first-order valence-electron chi connectivity index (χ1n) is 5.94. The Morgan fingerprint density at radius 2 is 2.32 bits per heavy atom. The second kappa shape index (κ2) is 5.92. The monoisotopic (exact) mass is 282 g/mol. The van der Waals surface area contributed by atoms with Gasteiger partial charge in [-0.05, 0) is 30.7 Å². The molecule has 6 nitrogen and oxygen atoms in total. The Labute approximate surface area is 114 Å². The summed E-state index contributed by atoms with van der Waals surface area (Å²) in [6.07, 6.45) is 2.16. The molecule has 0 bridgehead atoms. The average Bonchev–Trinajstić information content (AvgIpc) is 2.39. The SMILES string of the molecule is O=C(O)c1cc(NC2CCCSC2)ccc1[N+](=O)[O-]. The van der Waals surface area contributed by atoms with Crippen LogP contribution < -0.4 is 5.32 Å². The van der Waals surface area contributed by atoms with E-state index in [0.717, 1.165) is 24.3 Å². The van der Waals surface area contributed by atoms with E-state index in [2.05, 4.69) is 5.32 Å². The largest absolute Gasteiger partial charge is 0.477 e. The van der Waals surface area contributed by atoms with Crippen molar-refractivity contribution >= 4 is 29.1 Å². The third-order valence-electron chi connectivity index (χ3n) is 2.95. The third-order valence-corrected chi connectivity index (χ3v) is 4.17. The van der Waals surface area contributed by atoms with Crippen LogP contribution >= 0.6 is 11.8 Å². The molecule has 0 amide bonds. The Kier molecular flexibility index (Phi) is 4.26. The molecular formula is C12H14N2O4S. The average molecular weight is 282 g/mol. The zero-order valence-corrected chi connectivity index (χ0v) is 11.0. The summed E-state index contributed by atoms with van der Waals surface area (Å²) in [6.45, 7) is 0. The van der Waals surface area contributed by atoms with Crippen molar-refractivity contribution in [3.63, 3.8) is 0 Å². The molecule has 1 fully saturated rings. The minimum absolute atomic E-state index is 0.279. The van der Waals surface area contributed by atoms with E-state index in [9.17, 15) is 14.9 Å². The number of thioether (sulfide) groups is 1. The number of nitrogens with zero attached hydrogens (tertiary/aromatic N) is 1. The highest BCUT2D eigenvalue weighted by molar-refractivity contribution is 7.99. The molecule has 1 heterocycles. The van der Waals surface area contributed by atoms with E-state index in [1.807, 2.05) is 11.8 Å². The molecule has 0 spiro atoms. The Balaban J connectivity index is 2.20. The fourth-order valence-corrected chi connectivity index (χ4v) is 3.12. The van der Waals surface area contributed by atoms with Gasteiger partial charge in [-0.2, -0.15) is 11.8 Å². The van der Waals surface area contributed by atoms with Crippen molar-refractivity contribution in [2.75, 3.05) is 16.8 Å². The molecule has 1 aliphatic heterocycles. The summed E-state index contributed by atoms with van der Waals surface area (Å²) in [7, 11) is 0. The quantitative estimate of drug-likeness (QED) is 0.651. The van der Waals surface area contributed by atoms with Gasteiger partial charge in [0.2, 0.25) is 0 Å². The first-order valence-corrected chi connectivity index (χ1v) is 7.09. The van der Waals surface area contributed by atoms with Crippen molar-refractivity contribution in [3.8, 4) is 0 Å². The van der Waals surface area contributed by atoms with Gasteiger partial charge < -0.3 is 10.4 Å². The molecule has 1 saturated heterocycles. The number of nitrogens with one attached hydrogen (secondary N) is 1. The van der Waals surface area contributed by atoms with Crippen LogP contribution in [0.15, 0.2) is 18.2 Å². The minimum atomic E-state index is -1.28. The maximum atomic E-state index is 11.0. The van der Waals surface area contributed by atoms with E-state index in [1.54, 1.807) is 6.07 Å². The lowest BCUT2D eigenvalue weighted by molar-refractivity contribution is -0.385. The topological polar surface area (TPSA) is 92.5 Å². The molecule has 0 radical (unpaired) electrons. The molecule has 2 rings (SSSR count). The highest BCUT2D eigenvalue weighted by Crippen LogP contribution is 2.25. The number of nitro groups is 1. The number of carboxylic acid groups (broad SMARTS) is 1. The second-order valence-electron chi connectivity index (χ2n) is 4.35. The van der Waals surface area contributed by atoms with Crippen LogP contribution in [0.5, 0.6) is 0 Å². The first-order chi connectivity index (χ1) is 9.08. The number of rotatable bonds is 4. The fourth-order valence-electron chi connectivity index (χ4n) is 2.05. The van der Waals surface area contributed by atoms with E-state index in [-0.39, 0.29) is 11.3 Å². The van der Waals surface area contributed by atoms with E-state index < -0.39 is 10.9 Å². The van der Waals surface area contributed by atoms with Gasteiger partial charge in [-0.15, -0.1) is 0 Å². The van der Waals surface area contributed by atoms with Crippen LogP contribution in [0.25, 0.3) is 0 Å². The lowest BCUT2D eigenvalue weighted by Gasteiger charge is -2.23. The Morgan fingerprint density at radius 1 is 1.53 bits per heavy atom. The van der Waals surface area contributed by atoms with Gasteiger partial charge in [-0.25, -0.2) is 4.79 Å². The lowest BCUT2D eigenvalue weighted by Crippen LogP contribution is -2.25. The molecule has 1 atom stereocenters. The number of carbonyl (C=O) groups is 1. The Morgan fingerprint density at radius 3 is 2.89 bits per heavy atom. The van der Waals surface area contributed by atoms with Crippen molar-refractivity contribution in [3.05, 3.63) is 33.9 Å². The van der Waals surface area contributed by atoms with Crippen LogP contribution in [-0.2, 0) is 0 Å². The molecule has 19 heavy (non-hydrogen) atoms. The van der Waals surface area contributed by atoms with Gasteiger partial charge in [0, 0.05) is 23.5 Å². The second-order valence-corrected chi connectivity index (χ2v) is 5.50. The summed E-state index contributed by atoms with van der Waals surface area (Å²) in [5, 5.41) is 23.0. The zero-order chi connectivity index (χ0) is 13.8. The van der Waals surface area contributed by atoms with E-state index in [4.69, 9.17) is 5.11 Å². The van der Waals surface area contributed by atoms with E-state index in [1.165, 1.54) is 12.1 Å². The number of hydrogen-bond acceptors (Lipinski definition) is 5. The third kappa shape index (κ3) is 3.37. The molecule has 1 aromatic rings. The number of carboxylic acids is 1. The number of benzene rings is 1. The number of anilines is 1. The normalized spacial score (nSPS) is 18.8. The van der Waals surface area contributed by atoms with Gasteiger partial charge in [0.25, 0.3) is 5.69 Å². The Bertz CT molecular complexity index is 501. The highest BCUT2D eigenvalue weighted by Gasteiger charge is 2.21. The number of hydrogen-bond donors (Lipinski definition) is 2. The van der Waals surface area contributed by atoms with Crippen LogP contribution in [0.3, 0.4) is 0 Å². The van der Waals surface area contributed by atoms with Gasteiger partial charge in [-0.1, -0.05) is 0 Å². The van der Waals surface area contributed by atoms with Crippen LogP contribution in [0.2, 0.25) is 0 Å². The molecule has 0 aliphatic carbocycles. The van der Waals surface area contributed by atoms with Crippen molar-refractivity contribution in [1.82, 2.24) is 0 Å². The van der Waals surface area contributed by atoms with Gasteiger partial charge in [-0.3, -0.25) is 10.1 Å². The number of nitro benzene ring substituents is 1. The van der Waals surface area contributed by atoms with Gasteiger partial charge in [0.15, 0.2) is 0 Å². The van der Waals surface area contributed by atoms with Crippen molar-refractivity contribution in [2.24, 2.45) is 0 Å². The smallest absolute Gasteiger partial charge is 0.342 e. The summed E-state index contributed by atoms with van der Waals surface area (Å²) in [6, 6.07) is 4.42. The molecule has 1 aromatic carbocycles. The van der Waals surface area contributed by atoms with Crippen LogP contribution in [0.4, 0.5) is 11.4 Å². The first kappa shape index (κ1) is 13.7. The number of aromatic carboxylic acids is 1. The predicted octanol–water partition coefficient (Wildman–Crippen LogP) is 2.60. The van der Waals surface area contributed by atoms with E-state index >= 15 is 0 Å². The summed E-state index contributed by atoms with van der Waals surface area (Å²) in [5.74, 6) is 0.839. The molecule has 0 aromatic heterocycles. The maximum Gasteiger partial charge on any atom is 0.342 e. The van der Waals surface area contributed by atoms with Crippen molar-refractivity contribution in [1.29, 1.82) is 0 Å². The van der Waals surface area contributed by atoms with Gasteiger partial charge in [0.05, 0.1) is 4.92 Å². The molecule has 0 saturated carbocycles. The molecule has 7 heteroatoms. The summed E-state index contributed by atoms with van der Waals surface area (Å²) < 4.78 is 0. The van der Waals surface area contributed by atoms with Crippen LogP contribution in [0, 0.1) is 10.1 Å². The summed E-state index contributed by atoms with van der Waals surface area (Å²) >= 11 is 1.85. The van der Waals surface area contributed by atoms with E-state index in [0.29, 0.717) is 11.7 Å².